The fraction of sp³-hybridized carbons (Fsp3) is 0.191. The Morgan fingerprint density at radius 2 is 1.45 bits per heavy atom. The summed E-state index contributed by atoms with van der Waals surface area (Å²) in [6.07, 6.45) is 18.1. The first-order valence-corrected chi connectivity index (χ1v) is 18.2. The number of rotatable bonds is 4. The van der Waals surface area contributed by atoms with Crippen molar-refractivity contribution in [2.24, 2.45) is 10.9 Å². The van der Waals surface area contributed by atoms with Crippen LogP contribution in [0.15, 0.2) is 174 Å². The monoisotopic (exact) mass is 661 g/mol. The fourth-order valence-electron chi connectivity index (χ4n) is 9.53. The van der Waals surface area contributed by atoms with E-state index in [-0.39, 0.29) is 12.1 Å². The largest absolute Gasteiger partial charge is 0.457 e. The summed E-state index contributed by atoms with van der Waals surface area (Å²) in [6, 6.07) is 41.9. The van der Waals surface area contributed by atoms with Gasteiger partial charge in [-0.2, -0.15) is 0 Å². The Morgan fingerprint density at radius 3 is 2.22 bits per heavy atom. The van der Waals surface area contributed by atoms with E-state index in [0.717, 1.165) is 36.5 Å². The molecule has 1 spiro atoms. The second-order valence-electron chi connectivity index (χ2n) is 14.4. The summed E-state index contributed by atoms with van der Waals surface area (Å²) in [7, 11) is 2.26. The highest BCUT2D eigenvalue weighted by atomic mass is 16.5. The SMILES string of the molecule is CN1C(c2cccnc2C2C=CC3=C(C2)C2(c4ccccc4O3)c3ccccc3-c3ccccc32)N=C(c2ccccc2)CC1C1C=CC=CC1. The number of ether oxygens (including phenoxy) is 1. The summed E-state index contributed by atoms with van der Waals surface area (Å²) in [4.78, 5) is 13.2. The van der Waals surface area contributed by atoms with Crippen molar-refractivity contribution < 1.29 is 4.74 Å². The average molecular weight is 662 g/mol. The summed E-state index contributed by atoms with van der Waals surface area (Å²) in [5.74, 6) is 2.34. The molecule has 3 heterocycles. The van der Waals surface area contributed by atoms with Crippen LogP contribution in [-0.2, 0) is 5.41 Å². The molecule has 0 saturated carbocycles. The predicted octanol–water partition coefficient (Wildman–Crippen LogP) is 10.1. The molecule has 0 saturated heterocycles. The summed E-state index contributed by atoms with van der Waals surface area (Å²) < 4.78 is 6.78. The van der Waals surface area contributed by atoms with E-state index in [1.54, 1.807) is 0 Å². The van der Waals surface area contributed by atoms with E-state index in [4.69, 9.17) is 14.7 Å². The molecule has 1 aromatic heterocycles. The molecule has 248 valence electrons. The molecule has 0 radical (unpaired) electrons. The van der Waals surface area contributed by atoms with Crippen molar-refractivity contribution in [2.45, 2.75) is 42.8 Å². The maximum Gasteiger partial charge on any atom is 0.132 e. The van der Waals surface area contributed by atoms with Gasteiger partial charge in [-0.1, -0.05) is 134 Å². The van der Waals surface area contributed by atoms with Gasteiger partial charge >= 0.3 is 0 Å². The van der Waals surface area contributed by atoms with Gasteiger partial charge in [0.2, 0.25) is 0 Å². The number of fused-ring (bicyclic) bond motifs is 8. The number of nitrogens with zero attached hydrogens (tertiary/aromatic N) is 3. The minimum absolute atomic E-state index is 0.0484. The summed E-state index contributed by atoms with van der Waals surface area (Å²) >= 11 is 0. The molecule has 0 amide bonds. The third kappa shape index (κ3) is 4.63. The van der Waals surface area contributed by atoms with Crippen LogP contribution in [0.2, 0.25) is 0 Å². The Balaban J connectivity index is 1.10. The summed E-state index contributed by atoms with van der Waals surface area (Å²) in [5, 5.41) is 0. The van der Waals surface area contributed by atoms with Gasteiger partial charge in [-0.05, 0) is 77.4 Å². The number of para-hydroxylation sites is 1. The van der Waals surface area contributed by atoms with E-state index >= 15 is 0 Å². The van der Waals surface area contributed by atoms with Crippen LogP contribution < -0.4 is 4.74 Å². The third-order valence-corrected chi connectivity index (χ3v) is 11.8. The first-order chi connectivity index (χ1) is 25.2. The Bertz CT molecular complexity index is 2280. The first-order valence-electron chi connectivity index (χ1n) is 18.2. The standard InChI is InChI=1S/C47H39N3O/c1-50-42(32-17-6-3-7-18-32)30-41(31-15-4-2-5-16-31)49-46(50)36-21-14-28-48-45(36)33-26-27-44-40(29-33)47(39-24-12-13-25-43(39)51-44)37-22-10-8-19-34(37)35-20-9-11-23-38(35)47/h2-17,19-28,32-33,42,46H,18,29-30H2,1H3. The summed E-state index contributed by atoms with van der Waals surface area (Å²) in [5.41, 5.74) is 11.9. The van der Waals surface area contributed by atoms with Gasteiger partial charge in [-0.3, -0.25) is 14.9 Å². The Labute approximate surface area is 299 Å². The molecule has 0 bridgehead atoms. The lowest BCUT2D eigenvalue weighted by Gasteiger charge is -2.44. The highest BCUT2D eigenvalue weighted by Crippen LogP contribution is 2.62. The zero-order valence-corrected chi connectivity index (χ0v) is 28.7. The smallest absolute Gasteiger partial charge is 0.132 e. The Morgan fingerprint density at radius 1 is 0.725 bits per heavy atom. The maximum atomic E-state index is 6.78. The van der Waals surface area contributed by atoms with Gasteiger partial charge in [0.15, 0.2) is 0 Å². The van der Waals surface area contributed by atoms with Crippen molar-refractivity contribution in [3.63, 3.8) is 0 Å². The molecule has 4 heteroatoms. The van der Waals surface area contributed by atoms with Gasteiger partial charge in [0.1, 0.15) is 17.7 Å². The average Bonchev–Trinajstić information content (AvgIpc) is 3.49. The molecule has 0 N–H and O–H groups in total. The number of aromatic nitrogens is 1. The molecule has 5 aromatic rings. The van der Waals surface area contributed by atoms with E-state index in [9.17, 15) is 0 Å². The van der Waals surface area contributed by atoms with Gasteiger partial charge in [-0.15, -0.1) is 0 Å². The minimum Gasteiger partial charge on any atom is -0.457 e. The Kier molecular flexibility index (Phi) is 7.14. The second-order valence-corrected chi connectivity index (χ2v) is 14.4. The topological polar surface area (TPSA) is 37.7 Å². The molecule has 5 aliphatic rings. The molecule has 4 unspecified atom stereocenters. The number of benzene rings is 4. The van der Waals surface area contributed by atoms with Crippen LogP contribution >= 0.6 is 0 Å². The number of allylic oxidation sites excluding steroid dienone is 6. The van der Waals surface area contributed by atoms with Crippen molar-refractivity contribution in [3.8, 4) is 16.9 Å². The van der Waals surface area contributed by atoms with E-state index < -0.39 is 5.41 Å². The highest BCUT2D eigenvalue weighted by molar-refractivity contribution is 6.01. The Hall–Kier alpha value is -5.58. The van der Waals surface area contributed by atoms with Crippen LogP contribution in [0.3, 0.4) is 0 Å². The van der Waals surface area contributed by atoms with E-state index in [0.29, 0.717) is 12.0 Å². The van der Waals surface area contributed by atoms with E-state index in [1.807, 2.05) is 6.20 Å². The molecule has 4 nitrogen and oxygen atoms in total. The molecule has 51 heavy (non-hydrogen) atoms. The fourth-order valence-corrected chi connectivity index (χ4v) is 9.53. The predicted molar refractivity (Wildman–Crippen MR) is 205 cm³/mol. The van der Waals surface area contributed by atoms with Gasteiger partial charge in [0, 0.05) is 41.4 Å². The molecule has 10 rings (SSSR count). The lowest BCUT2D eigenvalue weighted by atomic mass is 9.62. The van der Waals surface area contributed by atoms with Gasteiger partial charge < -0.3 is 4.74 Å². The zero-order chi connectivity index (χ0) is 33.9. The van der Waals surface area contributed by atoms with Crippen LogP contribution in [-0.4, -0.2) is 28.7 Å². The van der Waals surface area contributed by atoms with Crippen molar-refractivity contribution in [2.75, 3.05) is 7.05 Å². The van der Waals surface area contributed by atoms with Crippen LogP contribution in [0.25, 0.3) is 11.1 Å². The lowest BCUT2D eigenvalue weighted by molar-refractivity contribution is 0.135. The molecular weight excluding hydrogens is 623 g/mol. The molecule has 4 atom stereocenters. The number of aliphatic imine (C=N–C) groups is 1. The third-order valence-electron chi connectivity index (χ3n) is 11.8. The zero-order valence-electron chi connectivity index (χ0n) is 28.7. The van der Waals surface area contributed by atoms with E-state index in [2.05, 4.69) is 164 Å². The lowest BCUT2D eigenvalue weighted by Crippen LogP contribution is -2.45. The number of pyridine rings is 1. The normalized spacial score (nSPS) is 24.0. The molecule has 0 fully saturated rings. The van der Waals surface area contributed by atoms with Gasteiger partial charge in [0.25, 0.3) is 0 Å². The van der Waals surface area contributed by atoms with Crippen molar-refractivity contribution >= 4 is 5.71 Å². The molecule has 3 aliphatic carbocycles. The molecule has 4 aromatic carbocycles. The molecule has 2 aliphatic heterocycles. The van der Waals surface area contributed by atoms with Crippen molar-refractivity contribution in [1.29, 1.82) is 0 Å². The van der Waals surface area contributed by atoms with Crippen LogP contribution in [0.4, 0.5) is 0 Å². The number of hydrogen-bond donors (Lipinski definition) is 0. The van der Waals surface area contributed by atoms with Crippen molar-refractivity contribution in [3.05, 3.63) is 203 Å². The van der Waals surface area contributed by atoms with Gasteiger partial charge in [-0.25, -0.2) is 0 Å². The second kappa shape index (κ2) is 12.0. The first kappa shape index (κ1) is 30.3. The van der Waals surface area contributed by atoms with Gasteiger partial charge in [0.05, 0.1) is 11.1 Å². The highest BCUT2D eigenvalue weighted by Gasteiger charge is 2.53. The number of hydrogen-bond acceptors (Lipinski definition) is 4. The minimum atomic E-state index is -0.457. The summed E-state index contributed by atoms with van der Waals surface area (Å²) in [6.45, 7) is 0. The maximum absolute atomic E-state index is 6.78. The van der Waals surface area contributed by atoms with Crippen LogP contribution in [0.1, 0.15) is 64.9 Å². The van der Waals surface area contributed by atoms with Crippen molar-refractivity contribution in [1.82, 2.24) is 9.88 Å². The van der Waals surface area contributed by atoms with Crippen LogP contribution in [0, 0.1) is 5.92 Å². The van der Waals surface area contributed by atoms with Crippen LogP contribution in [0.5, 0.6) is 5.75 Å². The molecular formula is C47H39N3O. The quantitative estimate of drug-likeness (QED) is 0.192. The van der Waals surface area contributed by atoms with E-state index in [1.165, 1.54) is 50.2 Å².